The van der Waals surface area contributed by atoms with E-state index in [-0.39, 0.29) is 12.7 Å². The first-order valence-electron chi connectivity index (χ1n) is 7.17. The number of fused-ring (bicyclic) bond motifs is 1. The molecule has 1 fully saturated rings. The second kappa shape index (κ2) is 6.13. The van der Waals surface area contributed by atoms with Crippen molar-refractivity contribution in [3.05, 3.63) is 23.8 Å². The Balaban J connectivity index is 1.47. The highest BCUT2D eigenvalue weighted by Crippen LogP contribution is 2.32. The fraction of sp³-hybridized carbons (Fsp3) is 0.533. The minimum Gasteiger partial charge on any atom is -0.454 e. The second-order valence-electron chi connectivity index (χ2n) is 5.36. The number of carbonyl (C=O) groups is 1. The number of ether oxygens (including phenoxy) is 2. The average molecular weight is 276 g/mol. The van der Waals surface area contributed by atoms with Gasteiger partial charge in [-0.2, -0.15) is 0 Å². The third kappa shape index (κ3) is 3.22. The summed E-state index contributed by atoms with van der Waals surface area (Å²) in [6.07, 6.45) is 2.82. The minimum atomic E-state index is 0.134. The van der Waals surface area contributed by atoms with Gasteiger partial charge in [0.25, 0.3) is 0 Å². The van der Waals surface area contributed by atoms with Crippen LogP contribution >= 0.6 is 0 Å². The molecule has 0 atom stereocenters. The lowest BCUT2D eigenvalue weighted by molar-refractivity contribution is -0.122. The number of rotatable bonds is 4. The predicted molar refractivity (Wildman–Crippen MR) is 74.6 cm³/mol. The van der Waals surface area contributed by atoms with Crippen LogP contribution < -0.4 is 20.1 Å². The normalized spacial score (nSPS) is 18.0. The Morgan fingerprint density at radius 2 is 2.05 bits per heavy atom. The van der Waals surface area contributed by atoms with Crippen molar-refractivity contribution < 1.29 is 14.3 Å². The van der Waals surface area contributed by atoms with E-state index in [1.807, 2.05) is 18.2 Å². The van der Waals surface area contributed by atoms with Gasteiger partial charge in [-0.25, -0.2) is 0 Å². The standard InChI is InChI=1S/C15H20N2O3/c18-15(8-11-3-5-16-6-4-11)17-9-12-1-2-13-14(7-12)20-10-19-13/h1-2,7,11,16H,3-6,8-10H2,(H,17,18). The molecule has 20 heavy (non-hydrogen) atoms. The molecule has 5 heteroatoms. The summed E-state index contributed by atoms with van der Waals surface area (Å²) < 4.78 is 10.6. The molecular formula is C15H20N2O3. The zero-order valence-corrected chi connectivity index (χ0v) is 11.5. The fourth-order valence-corrected chi connectivity index (χ4v) is 2.67. The van der Waals surface area contributed by atoms with Crippen molar-refractivity contribution in [2.75, 3.05) is 19.9 Å². The van der Waals surface area contributed by atoms with E-state index in [1.54, 1.807) is 0 Å². The van der Waals surface area contributed by atoms with Gasteiger partial charge < -0.3 is 20.1 Å². The Morgan fingerprint density at radius 3 is 2.90 bits per heavy atom. The highest BCUT2D eigenvalue weighted by atomic mass is 16.7. The highest BCUT2D eigenvalue weighted by molar-refractivity contribution is 5.76. The van der Waals surface area contributed by atoms with Crippen LogP contribution in [-0.2, 0) is 11.3 Å². The van der Waals surface area contributed by atoms with Gasteiger partial charge in [0.2, 0.25) is 12.7 Å². The molecule has 2 heterocycles. The molecule has 0 unspecified atom stereocenters. The van der Waals surface area contributed by atoms with Gasteiger partial charge in [0.05, 0.1) is 0 Å². The third-order valence-corrected chi connectivity index (χ3v) is 3.86. The van der Waals surface area contributed by atoms with Crippen molar-refractivity contribution >= 4 is 5.91 Å². The fourth-order valence-electron chi connectivity index (χ4n) is 2.67. The Hall–Kier alpha value is -1.75. The van der Waals surface area contributed by atoms with Crippen molar-refractivity contribution in [1.82, 2.24) is 10.6 Å². The van der Waals surface area contributed by atoms with Crippen LogP contribution in [0.15, 0.2) is 18.2 Å². The molecular weight excluding hydrogens is 256 g/mol. The minimum absolute atomic E-state index is 0.134. The number of piperidine rings is 1. The van der Waals surface area contributed by atoms with Crippen molar-refractivity contribution in [3.63, 3.8) is 0 Å². The predicted octanol–water partition coefficient (Wildman–Crippen LogP) is 1.42. The van der Waals surface area contributed by atoms with E-state index in [9.17, 15) is 4.79 Å². The van der Waals surface area contributed by atoms with E-state index in [1.165, 1.54) is 0 Å². The molecule has 0 saturated carbocycles. The highest BCUT2D eigenvalue weighted by Gasteiger charge is 2.17. The maximum absolute atomic E-state index is 11.9. The number of carbonyl (C=O) groups excluding carboxylic acids is 1. The molecule has 108 valence electrons. The van der Waals surface area contributed by atoms with Crippen LogP contribution in [0.2, 0.25) is 0 Å². The number of hydrogen-bond acceptors (Lipinski definition) is 4. The zero-order valence-electron chi connectivity index (χ0n) is 11.5. The maximum atomic E-state index is 11.9. The molecule has 2 aliphatic heterocycles. The quantitative estimate of drug-likeness (QED) is 0.873. The largest absolute Gasteiger partial charge is 0.454 e. The second-order valence-corrected chi connectivity index (χ2v) is 5.36. The molecule has 5 nitrogen and oxygen atoms in total. The van der Waals surface area contributed by atoms with Crippen molar-refractivity contribution in [2.45, 2.75) is 25.8 Å². The number of nitrogens with one attached hydrogen (secondary N) is 2. The lowest BCUT2D eigenvalue weighted by Gasteiger charge is -2.21. The van der Waals surface area contributed by atoms with E-state index in [2.05, 4.69) is 10.6 Å². The monoisotopic (exact) mass is 276 g/mol. The summed E-state index contributed by atoms with van der Waals surface area (Å²) in [6.45, 7) is 2.88. The average Bonchev–Trinajstić information content (AvgIpc) is 2.93. The van der Waals surface area contributed by atoms with Crippen LogP contribution in [0.25, 0.3) is 0 Å². The lowest BCUT2D eigenvalue weighted by atomic mass is 9.94. The maximum Gasteiger partial charge on any atom is 0.231 e. The first-order chi connectivity index (χ1) is 9.81. The van der Waals surface area contributed by atoms with Gasteiger partial charge >= 0.3 is 0 Å². The van der Waals surface area contributed by atoms with Crippen LogP contribution in [-0.4, -0.2) is 25.8 Å². The molecule has 1 saturated heterocycles. The number of hydrogen-bond donors (Lipinski definition) is 2. The lowest BCUT2D eigenvalue weighted by Crippen LogP contribution is -2.32. The van der Waals surface area contributed by atoms with E-state index >= 15 is 0 Å². The molecule has 0 aromatic heterocycles. The summed E-state index contributed by atoms with van der Waals surface area (Å²) in [4.78, 5) is 11.9. The molecule has 0 spiro atoms. The van der Waals surface area contributed by atoms with Crippen LogP contribution in [0.4, 0.5) is 0 Å². The molecule has 2 aliphatic rings. The van der Waals surface area contributed by atoms with E-state index in [0.717, 1.165) is 43.0 Å². The van der Waals surface area contributed by atoms with Crippen LogP contribution in [0.5, 0.6) is 11.5 Å². The van der Waals surface area contributed by atoms with Gasteiger partial charge in [-0.1, -0.05) is 6.07 Å². The van der Waals surface area contributed by atoms with E-state index in [0.29, 0.717) is 18.9 Å². The van der Waals surface area contributed by atoms with Crippen molar-refractivity contribution in [2.24, 2.45) is 5.92 Å². The van der Waals surface area contributed by atoms with Gasteiger partial charge in [0.15, 0.2) is 11.5 Å². The number of benzene rings is 1. The Kier molecular flexibility index (Phi) is 4.06. The smallest absolute Gasteiger partial charge is 0.231 e. The Labute approximate surface area is 118 Å². The van der Waals surface area contributed by atoms with Gasteiger partial charge in [-0.05, 0) is 49.5 Å². The van der Waals surface area contributed by atoms with Gasteiger partial charge in [0, 0.05) is 13.0 Å². The third-order valence-electron chi connectivity index (χ3n) is 3.86. The molecule has 0 aliphatic carbocycles. The molecule has 1 aromatic rings. The van der Waals surface area contributed by atoms with Crippen molar-refractivity contribution in [1.29, 1.82) is 0 Å². The molecule has 0 bridgehead atoms. The van der Waals surface area contributed by atoms with Gasteiger partial charge in [-0.3, -0.25) is 4.79 Å². The first kappa shape index (κ1) is 13.2. The summed E-state index contributed by atoms with van der Waals surface area (Å²) in [6, 6.07) is 5.77. The van der Waals surface area contributed by atoms with Crippen molar-refractivity contribution in [3.8, 4) is 11.5 Å². The molecule has 3 rings (SSSR count). The Morgan fingerprint density at radius 1 is 1.25 bits per heavy atom. The van der Waals surface area contributed by atoms with Gasteiger partial charge in [0.1, 0.15) is 0 Å². The van der Waals surface area contributed by atoms with Crippen LogP contribution in [0.1, 0.15) is 24.8 Å². The SMILES string of the molecule is O=C(CC1CCNCC1)NCc1ccc2c(c1)OCO2. The number of amides is 1. The first-order valence-corrected chi connectivity index (χ1v) is 7.17. The van der Waals surface area contributed by atoms with Crippen LogP contribution in [0.3, 0.4) is 0 Å². The molecule has 2 N–H and O–H groups in total. The van der Waals surface area contributed by atoms with Gasteiger partial charge in [-0.15, -0.1) is 0 Å². The van der Waals surface area contributed by atoms with Crippen LogP contribution in [0, 0.1) is 5.92 Å². The summed E-state index contributed by atoms with van der Waals surface area (Å²) in [5.41, 5.74) is 1.04. The zero-order chi connectivity index (χ0) is 13.8. The topological polar surface area (TPSA) is 59.6 Å². The summed E-state index contributed by atoms with van der Waals surface area (Å²) in [7, 11) is 0. The van der Waals surface area contributed by atoms with E-state index < -0.39 is 0 Å². The summed E-state index contributed by atoms with van der Waals surface area (Å²) in [5, 5.41) is 6.29. The summed E-state index contributed by atoms with van der Waals surface area (Å²) in [5.74, 6) is 2.19. The molecule has 1 amide bonds. The summed E-state index contributed by atoms with van der Waals surface area (Å²) >= 11 is 0. The Bertz CT molecular complexity index is 484. The molecule has 1 aromatic carbocycles. The van der Waals surface area contributed by atoms with E-state index in [4.69, 9.17) is 9.47 Å². The molecule has 0 radical (unpaired) electrons.